The molecule has 0 aromatic heterocycles. The molecule has 4 unspecified atom stereocenters. The molecule has 0 aliphatic carbocycles. The van der Waals surface area contributed by atoms with Gasteiger partial charge in [-0.25, -0.2) is 0 Å². The van der Waals surface area contributed by atoms with Gasteiger partial charge in [-0.1, -0.05) is 26.0 Å². The molecule has 124 valence electrons. The molecule has 0 spiro atoms. The second-order valence-corrected chi connectivity index (χ2v) is 22.5. The third-order valence-corrected chi connectivity index (χ3v) is 11.5. The van der Waals surface area contributed by atoms with E-state index in [2.05, 4.69) is 13.2 Å². The van der Waals surface area contributed by atoms with Gasteiger partial charge in [0.1, 0.15) is 0 Å². The second-order valence-electron chi connectivity index (χ2n) is 4.65. The lowest BCUT2D eigenvalue weighted by atomic mass is 10.1. The summed E-state index contributed by atoms with van der Waals surface area (Å²) in [6.07, 6.45) is 3.81. The van der Waals surface area contributed by atoms with Crippen molar-refractivity contribution in [2.45, 2.75) is 50.0 Å². The molecule has 0 fully saturated rings. The number of halogens is 6. The van der Waals surface area contributed by atoms with Gasteiger partial charge in [-0.05, 0) is 12.8 Å². The molecule has 4 atom stereocenters. The molecule has 21 heavy (non-hydrogen) atoms. The molecule has 0 aromatic rings. The Labute approximate surface area is 157 Å². The van der Waals surface area contributed by atoms with E-state index in [1.54, 1.807) is 12.2 Å². The summed E-state index contributed by atoms with van der Waals surface area (Å²) in [5.74, 6) is 0. The van der Waals surface area contributed by atoms with Gasteiger partial charge in [0.2, 0.25) is 0 Å². The van der Waals surface area contributed by atoms with Crippen LogP contribution in [-0.2, 0) is 4.74 Å². The van der Waals surface area contributed by atoms with Crippen molar-refractivity contribution in [2.24, 2.45) is 0 Å². The zero-order chi connectivity index (χ0) is 16.8. The highest BCUT2D eigenvalue weighted by atomic mass is 35.8. The predicted octanol–water partition coefficient (Wildman–Crippen LogP) is 6.98. The summed E-state index contributed by atoms with van der Waals surface area (Å²) in [7, 11) is 0. The van der Waals surface area contributed by atoms with Gasteiger partial charge >= 0.3 is 12.0 Å². The van der Waals surface area contributed by atoms with E-state index in [9.17, 15) is 0 Å². The largest absolute Gasteiger partial charge is 0.367 e. The van der Waals surface area contributed by atoms with Gasteiger partial charge in [-0.3, -0.25) is 0 Å². The molecule has 0 saturated carbocycles. The molecule has 0 rings (SSSR count). The first-order chi connectivity index (χ1) is 9.52. The zero-order valence-corrected chi connectivity index (χ0v) is 18.5. The number of ether oxygens (including phenoxy) is 1. The molecule has 0 heterocycles. The summed E-state index contributed by atoms with van der Waals surface area (Å²) in [4.78, 5) is 0. The van der Waals surface area contributed by atoms with Crippen LogP contribution in [0.4, 0.5) is 0 Å². The minimum atomic E-state index is -2.94. The summed E-state index contributed by atoms with van der Waals surface area (Å²) in [5, 5.41) is 0. The van der Waals surface area contributed by atoms with E-state index in [0.717, 1.165) is 0 Å². The maximum atomic E-state index is 6.15. The SMILES string of the molecule is C=CC(OC(C=C)C(CC)[Si](Cl)(Cl)Cl)C(CC)[Si](Cl)(Cl)Cl. The first-order valence-corrected chi connectivity index (χ1v) is 16.8. The monoisotopic (exact) mass is 446 g/mol. The number of hydrogen-bond donors (Lipinski definition) is 0. The standard InChI is InChI=1S/C12H20Cl6OSi2/c1-5-9(11(7-3)20(13,14)15)19-10(6-2)12(8-4)21(16,17)18/h5-6,9-12H,1-2,7-8H2,3-4H3. The van der Waals surface area contributed by atoms with Crippen molar-refractivity contribution in [3.05, 3.63) is 25.3 Å². The van der Waals surface area contributed by atoms with Crippen molar-refractivity contribution in [1.82, 2.24) is 0 Å². The van der Waals surface area contributed by atoms with Crippen LogP contribution in [0.15, 0.2) is 25.3 Å². The van der Waals surface area contributed by atoms with Gasteiger partial charge in [-0.2, -0.15) is 0 Å². The molecule has 0 bridgehead atoms. The average Bonchev–Trinajstić information content (AvgIpc) is 2.34. The van der Waals surface area contributed by atoms with Crippen molar-refractivity contribution in [3.63, 3.8) is 0 Å². The van der Waals surface area contributed by atoms with Crippen molar-refractivity contribution < 1.29 is 4.74 Å². The number of rotatable bonds is 10. The molecule has 0 amide bonds. The highest BCUT2D eigenvalue weighted by molar-refractivity contribution is 7.65. The summed E-state index contributed by atoms with van der Waals surface area (Å²) in [5.41, 5.74) is -0.422. The lowest BCUT2D eigenvalue weighted by Crippen LogP contribution is -2.38. The lowest BCUT2D eigenvalue weighted by molar-refractivity contribution is 0.0318. The van der Waals surface area contributed by atoms with Crippen LogP contribution in [0.2, 0.25) is 11.1 Å². The average molecular weight is 449 g/mol. The Kier molecular flexibility index (Phi) is 10.6. The van der Waals surface area contributed by atoms with Gasteiger partial charge in [0, 0.05) is 11.1 Å². The Hall–Kier alpha value is 1.61. The first-order valence-electron chi connectivity index (χ1n) is 6.56. The molecule has 1 nitrogen and oxygen atoms in total. The Morgan fingerprint density at radius 2 is 1.10 bits per heavy atom. The van der Waals surface area contributed by atoms with Crippen LogP contribution < -0.4 is 0 Å². The Balaban J connectivity index is 5.24. The molecule has 0 aliphatic rings. The zero-order valence-electron chi connectivity index (χ0n) is 12.0. The number of hydrogen-bond acceptors (Lipinski definition) is 1. The Bertz CT molecular complexity index is 310. The fraction of sp³-hybridized carbons (Fsp3) is 0.667. The van der Waals surface area contributed by atoms with Gasteiger partial charge in [0.05, 0.1) is 12.2 Å². The summed E-state index contributed by atoms with van der Waals surface area (Å²) in [6, 6.07) is -5.89. The molecule has 0 N–H and O–H groups in total. The van der Waals surface area contributed by atoms with Gasteiger partial charge in [-0.15, -0.1) is 79.6 Å². The molecule has 0 aromatic carbocycles. The maximum Gasteiger partial charge on any atom is 0.347 e. The summed E-state index contributed by atoms with van der Waals surface area (Å²) in [6.45, 7) is 11.5. The topological polar surface area (TPSA) is 9.23 Å². The normalized spacial score (nSPS) is 18.7. The van der Waals surface area contributed by atoms with E-state index in [-0.39, 0.29) is 11.1 Å². The second kappa shape index (κ2) is 9.80. The Morgan fingerprint density at radius 1 is 0.810 bits per heavy atom. The fourth-order valence-electron chi connectivity index (χ4n) is 2.11. The van der Waals surface area contributed by atoms with E-state index in [4.69, 9.17) is 71.2 Å². The van der Waals surface area contributed by atoms with E-state index >= 15 is 0 Å². The molecule has 0 aliphatic heterocycles. The van der Waals surface area contributed by atoms with Crippen LogP contribution >= 0.6 is 66.5 Å². The van der Waals surface area contributed by atoms with E-state index in [0.29, 0.717) is 12.8 Å². The predicted molar refractivity (Wildman–Crippen MR) is 104 cm³/mol. The third-order valence-electron chi connectivity index (χ3n) is 3.29. The van der Waals surface area contributed by atoms with Crippen LogP contribution in [0, 0.1) is 0 Å². The van der Waals surface area contributed by atoms with Crippen molar-refractivity contribution in [2.75, 3.05) is 0 Å². The summed E-state index contributed by atoms with van der Waals surface area (Å²) < 4.78 is 6.03. The van der Waals surface area contributed by atoms with Crippen molar-refractivity contribution in [1.29, 1.82) is 0 Å². The van der Waals surface area contributed by atoms with Crippen LogP contribution in [0.5, 0.6) is 0 Å². The molecule has 0 saturated heterocycles. The highest BCUT2D eigenvalue weighted by Crippen LogP contribution is 2.44. The maximum absolute atomic E-state index is 6.15. The highest BCUT2D eigenvalue weighted by Gasteiger charge is 2.44. The van der Waals surface area contributed by atoms with Crippen molar-refractivity contribution in [3.8, 4) is 0 Å². The van der Waals surface area contributed by atoms with Crippen LogP contribution in [0.1, 0.15) is 26.7 Å². The molecular weight excluding hydrogens is 429 g/mol. The van der Waals surface area contributed by atoms with Gasteiger partial charge < -0.3 is 4.74 Å². The van der Waals surface area contributed by atoms with E-state index in [1.165, 1.54) is 0 Å². The fourth-order valence-corrected chi connectivity index (χ4v) is 9.22. The smallest absolute Gasteiger partial charge is 0.347 e. The van der Waals surface area contributed by atoms with Gasteiger partial charge in [0.15, 0.2) is 0 Å². The molecule has 9 heteroatoms. The van der Waals surface area contributed by atoms with Crippen molar-refractivity contribution >= 4 is 78.5 Å². The van der Waals surface area contributed by atoms with E-state index < -0.39 is 24.2 Å². The third kappa shape index (κ3) is 7.36. The van der Waals surface area contributed by atoms with Crippen LogP contribution in [0.3, 0.4) is 0 Å². The summed E-state index contributed by atoms with van der Waals surface area (Å²) >= 11 is 36.9. The van der Waals surface area contributed by atoms with E-state index in [1.807, 2.05) is 13.8 Å². The minimum Gasteiger partial charge on any atom is -0.367 e. The molecular formula is C12H20Cl6OSi2. The van der Waals surface area contributed by atoms with Crippen LogP contribution in [0.25, 0.3) is 0 Å². The Morgan fingerprint density at radius 3 is 1.24 bits per heavy atom. The lowest BCUT2D eigenvalue weighted by Gasteiger charge is -2.34. The van der Waals surface area contributed by atoms with Crippen LogP contribution in [-0.4, -0.2) is 24.2 Å². The first kappa shape index (κ1) is 22.6. The van der Waals surface area contributed by atoms with Gasteiger partial charge in [0.25, 0.3) is 0 Å². The quantitative estimate of drug-likeness (QED) is 0.199. The minimum absolute atomic E-state index is 0.211. The molecule has 0 radical (unpaired) electrons.